The number of halogens is 2. The highest BCUT2D eigenvalue weighted by Gasteiger charge is 2.34. The summed E-state index contributed by atoms with van der Waals surface area (Å²) < 4.78 is 19.0. The molecule has 2 aromatic rings. The number of nitrogens with one attached hydrogen (secondary N) is 1. The lowest BCUT2D eigenvalue weighted by molar-refractivity contribution is -0.139. The van der Waals surface area contributed by atoms with Crippen molar-refractivity contribution in [3.8, 4) is 0 Å². The first-order valence-corrected chi connectivity index (χ1v) is 10.6. The zero-order valence-electron chi connectivity index (χ0n) is 17.2. The van der Waals surface area contributed by atoms with E-state index in [0.717, 1.165) is 0 Å². The summed E-state index contributed by atoms with van der Waals surface area (Å²) in [5.41, 5.74) is 1.04. The molecule has 1 aromatic carbocycles. The Morgan fingerprint density at radius 2 is 2.03 bits per heavy atom. The van der Waals surface area contributed by atoms with Gasteiger partial charge in [-0.15, -0.1) is 0 Å². The molecule has 2 amide bonds. The first-order valence-electron chi connectivity index (χ1n) is 10.2. The molecule has 4 rings (SSSR count). The highest BCUT2D eigenvalue weighted by molar-refractivity contribution is 6.31. The summed E-state index contributed by atoms with van der Waals surface area (Å²) >= 11 is 6.16. The van der Waals surface area contributed by atoms with E-state index < -0.39 is 11.9 Å². The van der Waals surface area contributed by atoms with Crippen molar-refractivity contribution in [3.63, 3.8) is 0 Å². The van der Waals surface area contributed by atoms with Crippen LogP contribution < -0.4 is 10.2 Å². The van der Waals surface area contributed by atoms with Gasteiger partial charge in [-0.1, -0.05) is 22.8 Å². The van der Waals surface area contributed by atoms with Gasteiger partial charge >= 0.3 is 0 Å². The van der Waals surface area contributed by atoms with E-state index >= 15 is 0 Å². The molecule has 1 atom stereocenters. The molecule has 1 N–H and O–H groups in total. The molecular formula is C20H24ClFN6O3. The van der Waals surface area contributed by atoms with E-state index in [-0.39, 0.29) is 24.8 Å². The van der Waals surface area contributed by atoms with Crippen LogP contribution in [0, 0.1) is 12.7 Å². The number of carbonyl (C=O) groups excluding carboxylic acids is 2. The number of piperazine rings is 2. The van der Waals surface area contributed by atoms with E-state index in [2.05, 4.69) is 15.6 Å². The van der Waals surface area contributed by atoms with Crippen LogP contribution in [0.4, 0.5) is 10.2 Å². The number of carbonyl (C=O) groups is 2. The monoisotopic (exact) mass is 450 g/mol. The van der Waals surface area contributed by atoms with Gasteiger partial charge in [0.15, 0.2) is 5.82 Å². The normalized spacial score (nSPS) is 20.1. The summed E-state index contributed by atoms with van der Waals surface area (Å²) in [7, 11) is 0. The van der Waals surface area contributed by atoms with Crippen molar-refractivity contribution < 1.29 is 18.6 Å². The summed E-state index contributed by atoms with van der Waals surface area (Å²) in [5, 5.41) is 10.8. The fraction of sp³-hybridized carbons (Fsp3) is 0.500. The van der Waals surface area contributed by atoms with Crippen molar-refractivity contribution in [3.05, 3.63) is 40.3 Å². The number of nitrogens with zero attached hydrogens (tertiary/aromatic N) is 5. The summed E-state index contributed by atoms with van der Waals surface area (Å²) in [6, 6.07) is 3.84. The number of amides is 2. The second kappa shape index (κ2) is 9.19. The van der Waals surface area contributed by atoms with Crippen LogP contribution >= 0.6 is 11.6 Å². The first-order chi connectivity index (χ1) is 14.9. The summed E-state index contributed by atoms with van der Waals surface area (Å²) in [4.78, 5) is 31.1. The maximum absolute atomic E-state index is 14.3. The molecule has 3 heterocycles. The molecule has 9 nitrogen and oxygen atoms in total. The Bertz CT molecular complexity index is 942. The van der Waals surface area contributed by atoms with Crippen molar-refractivity contribution in [2.75, 3.05) is 44.2 Å². The number of hydrogen-bond donors (Lipinski definition) is 1. The lowest BCUT2D eigenvalue weighted by atomic mass is 10.1. The Balaban J connectivity index is 1.40. The predicted octanol–water partition coefficient (Wildman–Crippen LogP) is 1.21. The van der Waals surface area contributed by atoms with Crippen LogP contribution in [0.1, 0.15) is 17.7 Å². The molecule has 0 radical (unpaired) electrons. The Morgan fingerprint density at radius 3 is 2.71 bits per heavy atom. The third kappa shape index (κ3) is 4.64. The lowest BCUT2D eigenvalue weighted by Gasteiger charge is -2.38. The number of anilines is 1. The van der Waals surface area contributed by atoms with E-state index in [1.165, 1.54) is 6.07 Å². The summed E-state index contributed by atoms with van der Waals surface area (Å²) in [6.45, 7) is 5.18. The molecule has 2 aliphatic rings. The predicted molar refractivity (Wildman–Crippen MR) is 111 cm³/mol. The van der Waals surface area contributed by atoms with Crippen molar-refractivity contribution in [2.24, 2.45) is 0 Å². The number of aromatic nitrogens is 2. The van der Waals surface area contributed by atoms with Gasteiger partial charge in [0.25, 0.3) is 0 Å². The van der Waals surface area contributed by atoms with Gasteiger partial charge in [0, 0.05) is 56.4 Å². The highest BCUT2D eigenvalue weighted by Crippen LogP contribution is 2.24. The van der Waals surface area contributed by atoms with E-state index in [1.807, 2.05) is 16.7 Å². The SMILES string of the molecule is Cc1nonc1N1CCN(C(=O)CC2C(=O)NCCN2Cc2c(F)cccc2Cl)CC1. The smallest absolute Gasteiger partial charge is 0.237 e. The van der Waals surface area contributed by atoms with Gasteiger partial charge in [-0.25, -0.2) is 9.02 Å². The fourth-order valence-electron chi connectivity index (χ4n) is 4.04. The minimum absolute atomic E-state index is 0.0302. The number of hydrogen-bond acceptors (Lipinski definition) is 7. The second-order valence-corrected chi connectivity index (χ2v) is 8.13. The highest BCUT2D eigenvalue weighted by atomic mass is 35.5. The number of aryl methyl sites for hydroxylation is 1. The lowest BCUT2D eigenvalue weighted by Crippen LogP contribution is -2.57. The van der Waals surface area contributed by atoms with Crippen molar-refractivity contribution in [2.45, 2.75) is 25.9 Å². The second-order valence-electron chi connectivity index (χ2n) is 7.72. The van der Waals surface area contributed by atoms with E-state index in [1.54, 1.807) is 17.0 Å². The molecule has 31 heavy (non-hydrogen) atoms. The minimum atomic E-state index is -0.670. The van der Waals surface area contributed by atoms with E-state index in [0.29, 0.717) is 61.4 Å². The van der Waals surface area contributed by atoms with Crippen LogP contribution in [0.3, 0.4) is 0 Å². The molecule has 0 bridgehead atoms. The molecule has 1 aromatic heterocycles. The van der Waals surface area contributed by atoms with Crippen LogP contribution in [-0.4, -0.2) is 77.2 Å². The standard InChI is InChI=1S/C20H24ClFN6O3/c1-13-19(25-31-24-13)27-9-7-26(8-10-27)18(29)11-17-20(30)23-5-6-28(17)12-14-15(21)3-2-4-16(14)22/h2-4,17H,5-12H2,1H3,(H,23,30). The maximum Gasteiger partial charge on any atom is 0.237 e. The molecule has 2 saturated heterocycles. The number of rotatable bonds is 5. The molecule has 166 valence electrons. The molecule has 0 saturated carbocycles. The van der Waals surface area contributed by atoms with Crippen LogP contribution in [0.15, 0.2) is 22.8 Å². The molecular weight excluding hydrogens is 427 g/mol. The van der Waals surface area contributed by atoms with Gasteiger partial charge in [-0.05, 0) is 24.2 Å². The first kappa shape index (κ1) is 21.5. The average molecular weight is 451 g/mol. The fourth-order valence-corrected chi connectivity index (χ4v) is 4.26. The van der Waals surface area contributed by atoms with Gasteiger partial charge in [-0.2, -0.15) is 0 Å². The molecule has 0 spiro atoms. The van der Waals surface area contributed by atoms with E-state index in [9.17, 15) is 14.0 Å². The Labute approximate surface area is 184 Å². The largest absolute Gasteiger partial charge is 0.353 e. The molecule has 1 unspecified atom stereocenters. The van der Waals surface area contributed by atoms with Gasteiger partial charge in [0.05, 0.1) is 12.5 Å². The maximum atomic E-state index is 14.3. The quantitative estimate of drug-likeness (QED) is 0.731. The van der Waals surface area contributed by atoms with Crippen LogP contribution in [-0.2, 0) is 16.1 Å². The zero-order chi connectivity index (χ0) is 22.0. The minimum Gasteiger partial charge on any atom is -0.353 e. The van der Waals surface area contributed by atoms with Crippen molar-refractivity contribution in [1.82, 2.24) is 25.4 Å². The molecule has 2 aliphatic heterocycles. The van der Waals surface area contributed by atoms with Gasteiger partial charge in [-0.3, -0.25) is 14.5 Å². The van der Waals surface area contributed by atoms with E-state index in [4.69, 9.17) is 16.2 Å². The van der Waals surface area contributed by atoms with Crippen molar-refractivity contribution >= 4 is 29.2 Å². The zero-order valence-corrected chi connectivity index (χ0v) is 17.9. The Morgan fingerprint density at radius 1 is 1.26 bits per heavy atom. The molecule has 2 fully saturated rings. The van der Waals surface area contributed by atoms with Crippen LogP contribution in [0.2, 0.25) is 5.02 Å². The topological polar surface area (TPSA) is 94.8 Å². The average Bonchev–Trinajstić information content (AvgIpc) is 3.19. The summed E-state index contributed by atoms with van der Waals surface area (Å²) in [5.74, 6) is -0.0691. The van der Waals surface area contributed by atoms with Gasteiger partial charge in [0.2, 0.25) is 11.8 Å². The third-order valence-corrected chi connectivity index (χ3v) is 6.15. The molecule has 11 heteroatoms. The summed E-state index contributed by atoms with van der Waals surface area (Å²) in [6.07, 6.45) is 0.0302. The van der Waals surface area contributed by atoms with Crippen molar-refractivity contribution in [1.29, 1.82) is 0 Å². The van der Waals surface area contributed by atoms with Crippen LogP contribution in [0.25, 0.3) is 0 Å². The Hall–Kier alpha value is -2.72. The third-order valence-electron chi connectivity index (χ3n) is 5.79. The van der Waals surface area contributed by atoms with Gasteiger partial charge in [0.1, 0.15) is 11.5 Å². The van der Waals surface area contributed by atoms with Crippen LogP contribution in [0.5, 0.6) is 0 Å². The van der Waals surface area contributed by atoms with Gasteiger partial charge < -0.3 is 15.1 Å². The Kier molecular flexibility index (Phi) is 6.38. The molecule has 0 aliphatic carbocycles. The number of benzene rings is 1.